The van der Waals surface area contributed by atoms with Gasteiger partial charge >= 0.3 is 16.2 Å². The van der Waals surface area contributed by atoms with Crippen LogP contribution >= 0.6 is 0 Å². The summed E-state index contributed by atoms with van der Waals surface area (Å²) in [6.45, 7) is 0. The summed E-state index contributed by atoms with van der Waals surface area (Å²) in [6.07, 6.45) is 0. The standard InChI is InChI=1S/C3H9N3O3S/c1-4-3(7)6-10(8,9)5-2/h5H,1-2H3,(H2,4,6,7). The van der Waals surface area contributed by atoms with Crippen LogP contribution < -0.4 is 14.8 Å². The summed E-state index contributed by atoms with van der Waals surface area (Å²) >= 11 is 0. The molecular formula is C3H9N3O3S. The molecule has 0 unspecified atom stereocenters. The molecular weight excluding hydrogens is 158 g/mol. The summed E-state index contributed by atoms with van der Waals surface area (Å²) < 4.78 is 24.5. The number of carbonyl (C=O) groups excluding carboxylic acids is 1. The van der Waals surface area contributed by atoms with Gasteiger partial charge in [0.2, 0.25) is 0 Å². The normalized spacial score (nSPS) is 10.6. The first-order chi connectivity index (χ1) is 4.52. The van der Waals surface area contributed by atoms with Crippen LogP contribution in [0.5, 0.6) is 0 Å². The van der Waals surface area contributed by atoms with Gasteiger partial charge in [-0.25, -0.2) is 14.2 Å². The van der Waals surface area contributed by atoms with Gasteiger partial charge < -0.3 is 5.32 Å². The average Bonchev–Trinajstić information content (AvgIpc) is 1.87. The molecule has 6 nitrogen and oxygen atoms in total. The molecule has 0 spiro atoms. The molecule has 60 valence electrons. The Hall–Kier alpha value is -0.820. The van der Waals surface area contributed by atoms with Gasteiger partial charge in [0.15, 0.2) is 0 Å². The lowest BCUT2D eigenvalue weighted by Crippen LogP contribution is -2.42. The molecule has 2 amide bonds. The smallest absolute Gasteiger partial charge is 0.329 e. The second-order valence-electron chi connectivity index (χ2n) is 1.39. The SMILES string of the molecule is CNC(=O)NS(=O)(=O)NC. The Kier molecular flexibility index (Phi) is 3.10. The summed E-state index contributed by atoms with van der Waals surface area (Å²) in [7, 11) is -1.12. The van der Waals surface area contributed by atoms with Crippen molar-refractivity contribution < 1.29 is 13.2 Å². The minimum Gasteiger partial charge on any atom is -0.340 e. The van der Waals surface area contributed by atoms with E-state index in [1.165, 1.54) is 14.1 Å². The van der Waals surface area contributed by atoms with Crippen molar-refractivity contribution in [2.24, 2.45) is 0 Å². The Morgan fingerprint density at radius 1 is 1.30 bits per heavy atom. The third-order valence-corrected chi connectivity index (χ3v) is 1.71. The third kappa shape index (κ3) is 3.25. The molecule has 0 aliphatic heterocycles. The van der Waals surface area contributed by atoms with Crippen LogP contribution in [-0.4, -0.2) is 28.5 Å². The lowest BCUT2D eigenvalue weighted by molar-refractivity contribution is 0.247. The Balaban J connectivity index is 4.03. The molecule has 0 rings (SSSR count). The van der Waals surface area contributed by atoms with Crippen LogP contribution in [0.15, 0.2) is 0 Å². The van der Waals surface area contributed by atoms with Gasteiger partial charge in [0.1, 0.15) is 0 Å². The van der Waals surface area contributed by atoms with E-state index in [4.69, 9.17) is 0 Å². The minimum absolute atomic E-state index is 0.769. The van der Waals surface area contributed by atoms with Crippen LogP contribution in [0.2, 0.25) is 0 Å². The predicted molar refractivity (Wildman–Crippen MR) is 35.6 cm³/mol. The maximum Gasteiger partial charge on any atom is 0.329 e. The fourth-order valence-electron chi connectivity index (χ4n) is 0.224. The van der Waals surface area contributed by atoms with E-state index in [1.807, 2.05) is 4.72 Å². The summed E-state index contributed by atoms with van der Waals surface area (Å²) in [5, 5.41) is 2.09. The molecule has 0 saturated carbocycles. The van der Waals surface area contributed by atoms with Gasteiger partial charge in [-0.1, -0.05) is 0 Å². The molecule has 0 radical (unpaired) electrons. The van der Waals surface area contributed by atoms with Crippen LogP contribution in [0.3, 0.4) is 0 Å². The molecule has 0 aromatic rings. The summed E-state index contributed by atoms with van der Waals surface area (Å²) in [4.78, 5) is 10.3. The summed E-state index contributed by atoms with van der Waals surface area (Å²) in [5.41, 5.74) is 0. The fraction of sp³-hybridized carbons (Fsp3) is 0.667. The molecule has 0 aromatic heterocycles. The zero-order chi connectivity index (χ0) is 8.20. The van der Waals surface area contributed by atoms with Crippen molar-refractivity contribution in [1.82, 2.24) is 14.8 Å². The number of hydrogen-bond donors (Lipinski definition) is 3. The molecule has 0 saturated heterocycles. The molecule has 0 aromatic carbocycles. The summed E-state index contributed by atoms with van der Waals surface area (Å²) in [5.74, 6) is 0. The van der Waals surface area contributed by atoms with Crippen LogP contribution in [0.25, 0.3) is 0 Å². The fourth-order valence-corrected chi connectivity index (χ4v) is 0.672. The molecule has 3 N–H and O–H groups in total. The molecule has 0 fully saturated rings. The number of carbonyl (C=O) groups is 1. The van der Waals surface area contributed by atoms with Crippen molar-refractivity contribution in [1.29, 1.82) is 0 Å². The highest BCUT2D eigenvalue weighted by atomic mass is 32.2. The van der Waals surface area contributed by atoms with E-state index < -0.39 is 16.2 Å². The van der Waals surface area contributed by atoms with Crippen molar-refractivity contribution in [2.45, 2.75) is 0 Å². The Bertz CT molecular complexity index is 209. The maximum atomic E-state index is 10.5. The predicted octanol–water partition coefficient (Wildman–Crippen LogP) is -1.62. The Morgan fingerprint density at radius 3 is 2.10 bits per heavy atom. The van der Waals surface area contributed by atoms with Crippen molar-refractivity contribution in [2.75, 3.05) is 14.1 Å². The lowest BCUT2D eigenvalue weighted by atomic mass is 11.0. The van der Waals surface area contributed by atoms with Crippen molar-refractivity contribution in [3.8, 4) is 0 Å². The topological polar surface area (TPSA) is 87.3 Å². The van der Waals surface area contributed by atoms with E-state index in [2.05, 4.69) is 5.32 Å². The number of amides is 2. The first-order valence-corrected chi connectivity index (χ1v) is 3.93. The van der Waals surface area contributed by atoms with Crippen LogP contribution in [0.4, 0.5) is 4.79 Å². The van der Waals surface area contributed by atoms with Crippen molar-refractivity contribution in [3.05, 3.63) is 0 Å². The largest absolute Gasteiger partial charge is 0.340 e. The summed E-state index contributed by atoms with van der Waals surface area (Å²) in [6, 6.07) is -0.769. The highest BCUT2D eigenvalue weighted by molar-refractivity contribution is 7.88. The molecule has 0 bridgehead atoms. The van der Waals surface area contributed by atoms with E-state index in [9.17, 15) is 13.2 Å². The third-order valence-electron chi connectivity index (χ3n) is 0.723. The zero-order valence-corrected chi connectivity index (χ0v) is 6.45. The second kappa shape index (κ2) is 3.37. The molecule has 0 atom stereocenters. The van der Waals surface area contributed by atoms with E-state index >= 15 is 0 Å². The second-order valence-corrected chi connectivity index (χ2v) is 3.01. The van der Waals surface area contributed by atoms with Gasteiger partial charge in [0.05, 0.1) is 0 Å². The lowest BCUT2D eigenvalue weighted by Gasteiger charge is -2.02. The van der Waals surface area contributed by atoms with E-state index in [0.717, 1.165) is 0 Å². The first kappa shape index (κ1) is 9.18. The zero-order valence-electron chi connectivity index (χ0n) is 5.63. The molecule has 10 heavy (non-hydrogen) atoms. The number of hydrogen-bond acceptors (Lipinski definition) is 3. The first-order valence-electron chi connectivity index (χ1n) is 2.45. The number of rotatable bonds is 2. The number of urea groups is 1. The highest BCUT2D eigenvalue weighted by Crippen LogP contribution is 1.71. The van der Waals surface area contributed by atoms with Crippen LogP contribution in [0.1, 0.15) is 0 Å². The monoisotopic (exact) mass is 167 g/mol. The van der Waals surface area contributed by atoms with Crippen molar-refractivity contribution >= 4 is 16.2 Å². The maximum absolute atomic E-state index is 10.5. The minimum atomic E-state index is -3.64. The van der Waals surface area contributed by atoms with Gasteiger partial charge in [-0.15, -0.1) is 0 Å². The molecule has 0 heterocycles. The highest BCUT2D eigenvalue weighted by Gasteiger charge is 2.08. The number of nitrogens with one attached hydrogen (secondary N) is 3. The Labute approximate surface area is 59.2 Å². The van der Waals surface area contributed by atoms with Gasteiger partial charge in [-0.2, -0.15) is 8.42 Å². The van der Waals surface area contributed by atoms with E-state index in [1.54, 1.807) is 4.72 Å². The van der Waals surface area contributed by atoms with Crippen LogP contribution in [-0.2, 0) is 10.2 Å². The molecule has 7 heteroatoms. The molecule has 0 aliphatic rings. The quantitative estimate of drug-likeness (QED) is 0.462. The van der Waals surface area contributed by atoms with Crippen LogP contribution in [0, 0.1) is 0 Å². The van der Waals surface area contributed by atoms with Gasteiger partial charge in [-0.3, -0.25) is 0 Å². The average molecular weight is 167 g/mol. The van der Waals surface area contributed by atoms with Crippen molar-refractivity contribution in [3.63, 3.8) is 0 Å². The van der Waals surface area contributed by atoms with Gasteiger partial charge in [-0.05, 0) is 0 Å². The van der Waals surface area contributed by atoms with E-state index in [-0.39, 0.29) is 0 Å². The van der Waals surface area contributed by atoms with E-state index in [0.29, 0.717) is 0 Å². The Morgan fingerprint density at radius 2 is 1.80 bits per heavy atom. The molecule has 0 aliphatic carbocycles. The van der Waals surface area contributed by atoms with Gasteiger partial charge in [0, 0.05) is 14.1 Å². The van der Waals surface area contributed by atoms with Gasteiger partial charge in [0.25, 0.3) is 0 Å².